The first-order valence-electron chi connectivity index (χ1n) is 9.76. The molecule has 0 aromatic heterocycles. The highest BCUT2D eigenvalue weighted by Crippen LogP contribution is 2.29. The third-order valence-electron chi connectivity index (χ3n) is 4.53. The highest BCUT2D eigenvalue weighted by atomic mass is 35.5. The average Bonchev–Trinajstić information content (AvgIpc) is 2.73. The Labute approximate surface area is 196 Å². The number of amides is 2. The van der Waals surface area contributed by atoms with Crippen LogP contribution in [0.4, 0.5) is 11.4 Å². The van der Waals surface area contributed by atoms with E-state index in [1.165, 1.54) is 17.8 Å². The van der Waals surface area contributed by atoms with Crippen molar-refractivity contribution in [1.82, 2.24) is 0 Å². The number of nitrogens with one attached hydrogen (secondary N) is 2. The highest BCUT2D eigenvalue weighted by Gasteiger charge is 2.19. The van der Waals surface area contributed by atoms with Crippen molar-refractivity contribution in [3.8, 4) is 0 Å². The zero-order valence-corrected chi connectivity index (χ0v) is 19.4. The second-order valence-corrected chi connectivity index (χ2v) is 9.10. The molecule has 3 aromatic rings. The smallest absolute Gasteiger partial charge is 0.257 e. The normalized spacial score (nSPS) is 11.6. The first-order chi connectivity index (χ1) is 14.9. The molecule has 0 heterocycles. The summed E-state index contributed by atoms with van der Waals surface area (Å²) in [5, 5.41) is 6.30. The molecule has 7 heteroatoms. The van der Waals surface area contributed by atoms with Crippen molar-refractivity contribution in [2.75, 3.05) is 10.6 Å². The van der Waals surface area contributed by atoms with Gasteiger partial charge in [-0.3, -0.25) is 9.59 Å². The quantitative estimate of drug-likeness (QED) is 0.361. The van der Waals surface area contributed by atoms with Crippen molar-refractivity contribution in [2.24, 2.45) is 0 Å². The Morgan fingerprint density at radius 3 is 2.35 bits per heavy atom. The molecule has 2 amide bonds. The third-order valence-corrected chi connectivity index (χ3v) is 6.43. The highest BCUT2D eigenvalue weighted by molar-refractivity contribution is 8.00. The van der Waals surface area contributed by atoms with Crippen LogP contribution in [0.25, 0.3) is 0 Å². The van der Waals surface area contributed by atoms with Gasteiger partial charge >= 0.3 is 0 Å². The summed E-state index contributed by atoms with van der Waals surface area (Å²) in [5.74, 6) is -0.383. The van der Waals surface area contributed by atoms with E-state index in [-0.39, 0.29) is 22.1 Å². The minimum atomic E-state index is -0.326. The van der Waals surface area contributed by atoms with E-state index in [1.54, 1.807) is 18.2 Å². The van der Waals surface area contributed by atoms with E-state index < -0.39 is 0 Å². The van der Waals surface area contributed by atoms with E-state index in [0.29, 0.717) is 22.7 Å². The molecule has 160 valence electrons. The van der Waals surface area contributed by atoms with Gasteiger partial charge in [0.05, 0.1) is 15.8 Å². The van der Waals surface area contributed by atoms with E-state index in [0.717, 1.165) is 16.1 Å². The number of hydrogen-bond donors (Lipinski definition) is 2. The SMILES string of the molecule is CCC(Sc1cccc(NC(=O)c2ccc(Cl)cc2Cl)c1)C(=O)Nc1ccc(C)cc1. The Morgan fingerprint density at radius 2 is 1.68 bits per heavy atom. The Bertz CT molecular complexity index is 1090. The lowest BCUT2D eigenvalue weighted by Gasteiger charge is -2.16. The van der Waals surface area contributed by atoms with Gasteiger partial charge in [0.25, 0.3) is 5.91 Å². The summed E-state index contributed by atoms with van der Waals surface area (Å²) < 4.78 is 0. The average molecular weight is 473 g/mol. The Kier molecular flexibility index (Phi) is 8.02. The molecule has 1 atom stereocenters. The number of carbonyl (C=O) groups excluding carboxylic acids is 2. The van der Waals surface area contributed by atoms with Gasteiger partial charge in [-0.2, -0.15) is 0 Å². The first-order valence-corrected chi connectivity index (χ1v) is 11.4. The van der Waals surface area contributed by atoms with Gasteiger partial charge < -0.3 is 10.6 Å². The van der Waals surface area contributed by atoms with Gasteiger partial charge in [0, 0.05) is 21.3 Å². The van der Waals surface area contributed by atoms with Crippen LogP contribution in [0.3, 0.4) is 0 Å². The van der Waals surface area contributed by atoms with Crippen molar-refractivity contribution < 1.29 is 9.59 Å². The number of halogens is 2. The Morgan fingerprint density at radius 1 is 0.935 bits per heavy atom. The van der Waals surface area contributed by atoms with E-state index >= 15 is 0 Å². The standard InChI is InChI=1S/C24H22Cl2N2O2S/c1-3-22(24(30)27-17-10-7-15(2)8-11-17)31-19-6-4-5-18(14-19)28-23(29)20-12-9-16(25)13-21(20)26/h4-14,22H,3H2,1-2H3,(H,27,30)(H,28,29). The fourth-order valence-corrected chi connectivity index (χ4v) is 4.37. The molecule has 0 aliphatic rings. The number of thioether (sulfide) groups is 1. The second kappa shape index (κ2) is 10.7. The molecule has 0 saturated carbocycles. The minimum absolute atomic E-state index is 0.0567. The summed E-state index contributed by atoms with van der Waals surface area (Å²) in [4.78, 5) is 26.2. The predicted octanol–water partition coefficient (Wildman–Crippen LogP) is 7.06. The maximum atomic E-state index is 12.7. The van der Waals surface area contributed by atoms with Crippen molar-refractivity contribution >= 4 is 58.2 Å². The molecule has 0 aliphatic heterocycles. The van der Waals surface area contributed by atoms with Gasteiger partial charge in [-0.1, -0.05) is 53.9 Å². The van der Waals surface area contributed by atoms with Crippen LogP contribution in [0, 0.1) is 6.92 Å². The molecule has 31 heavy (non-hydrogen) atoms. The maximum Gasteiger partial charge on any atom is 0.257 e. The molecule has 3 rings (SSSR count). The molecular weight excluding hydrogens is 451 g/mol. The predicted molar refractivity (Wildman–Crippen MR) is 131 cm³/mol. The molecule has 0 spiro atoms. The summed E-state index contributed by atoms with van der Waals surface area (Å²) in [5.41, 5.74) is 2.87. The minimum Gasteiger partial charge on any atom is -0.325 e. The fourth-order valence-electron chi connectivity index (χ4n) is 2.87. The van der Waals surface area contributed by atoms with Crippen molar-refractivity contribution in [1.29, 1.82) is 0 Å². The molecule has 4 nitrogen and oxygen atoms in total. The van der Waals surface area contributed by atoms with Gasteiger partial charge in [-0.05, 0) is 61.9 Å². The topological polar surface area (TPSA) is 58.2 Å². The van der Waals surface area contributed by atoms with Crippen molar-refractivity contribution in [2.45, 2.75) is 30.4 Å². The Hall–Kier alpha value is -2.47. The van der Waals surface area contributed by atoms with Gasteiger partial charge in [0.15, 0.2) is 0 Å². The monoisotopic (exact) mass is 472 g/mol. The molecule has 0 fully saturated rings. The molecule has 1 unspecified atom stereocenters. The zero-order chi connectivity index (χ0) is 22.4. The molecule has 2 N–H and O–H groups in total. The number of aryl methyl sites for hydroxylation is 1. The van der Waals surface area contributed by atoms with Crippen molar-refractivity contribution in [3.63, 3.8) is 0 Å². The van der Waals surface area contributed by atoms with Gasteiger partial charge in [-0.25, -0.2) is 0 Å². The largest absolute Gasteiger partial charge is 0.325 e. The lowest BCUT2D eigenvalue weighted by molar-refractivity contribution is -0.115. The van der Waals surface area contributed by atoms with Crippen LogP contribution >= 0.6 is 35.0 Å². The molecule has 3 aromatic carbocycles. The molecule has 0 bridgehead atoms. The fraction of sp³-hybridized carbons (Fsp3) is 0.167. The number of carbonyl (C=O) groups is 2. The number of benzene rings is 3. The lowest BCUT2D eigenvalue weighted by Crippen LogP contribution is -2.24. The van der Waals surface area contributed by atoms with E-state index in [9.17, 15) is 9.59 Å². The molecular formula is C24H22Cl2N2O2S. The van der Waals surface area contributed by atoms with Gasteiger partial charge in [0.1, 0.15) is 0 Å². The number of rotatable bonds is 7. The van der Waals surface area contributed by atoms with Crippen molar-refractivity contribution in [3.05, 3.63) is 87.9 Å². The zero-order valence-electron chi connectivity index (χ0n) is 17.1. The molecule has 0 radical (unpaired) electrons. The number of hydrogen-bond acceptors (Lipinski definition) is 3. The van der Waals surface area contributed by atoms with Crippen LogP contribution in [0.15, 0.2) is 71.6 Å². The summed E-state index contributed by atoms with van der Waals surface area (Å²) >= 11 is 13.5. The molecule has 0 aliphatic carbocycles. The van der Waals surface area contributed by atoms with Gasteiger partial charge in [-0.15, -0.1) is 11.8 Å². The van der Waals surface area contributed by atoms with Crippen LogP contribution < -0.4 is 10.6 Å². The van der Waals surface area contributed by atoms with Crippen LogP contribution in [-0.2, 0) is 4.79 Å². The first kappa shape index (κ1) is 23.2. The summed E-state index contributed by atoms with van der Waals surface area (Å²) in [7, 11) is 0. The number of anilines is 2. The van der Waals surface area contributed by atoms with Crippen LogP contribution in [0.2, 0.25) is 10.0 Å². The lowest BCUT2D eigenvalue weighted by atomic mass is 10.2. The summed E-state index contributed by atoms with van der Waals surface area (Å²) in [6.45, 7) is 3.98. The summed E-state index contributed by atoms with van der Waals surface area (Å²) in [6.07, 6.45) is 0.666. The van der Waals surface area contributed by atoms with Crippen LogP contribution in [0.5, 0.6) is 0 Å². The van der Waals surface area contributed by atoms with E-state index in [1.807, 2.05) is 56.3 Å². The third kappa shape index (κ3) is 6.50. The van der Waals surface area contributed by atoms with E-state index in [4.69, 9.17) is 23.2 Å². The summed E-state index contributed by atoms with van der Waals surface area (Å²) in [6, 6.07) is 19.8. The molecule has 0 saturated heterocycles. The van der Waals surface area contributed by atoms with Crippen LogP contribution in [-0.4, -0.2) is 17.1 Å². The Balaban J connectivity index is 1.67. The second-order valence-electron chi connectivity index (χ2n) is 6.98. The van der Waals surface area contributed by atoms with Crippen LogP contribution in [0.1, 0.15) is 29.3 Å². The maximum absolute atomic E-state index is 12.7. The van der Waals surface area contributed by atoms with Gasteiger partial charge in [0.2, 0.25) is 5.91 Å². The van der Waals surface area contributed by atoms with E-state index in [2.05, 4.69) is 10.6 Å².